The van der Waals surface area contributed by atoms with Crippen LogP contribution in [0.1, 0.15) is 84.3 Å². The lowest BCUT2D eigenvalue weighted by Crippen LogP contribution is -2.28. The molecule has 172 valence electrons. The normalized spacial score (nSPS) is 16.5. The van der Waals surface area contributed by atoms with Gasteiger partial charge in [0.25, 0.3) is 0 Å². The minimum absolute atomic E-state index is 0.0174. The monoisotopic (exact) mass is 431 g/mol. The smallest absolute Gasteiger partial charge is 0.338 e. The summed E-state index contributed by atoms with van der Waals surface area (Å²) in [6.45, 7) is 5.43. The van der Waals surface area contributed by atoms with E-state index in [9.17, 15) is 9.59 Å². The zero-order chi connectivity index (χ0) is 22.7. The molecule has 1 heterocycles. The zero-order valence-electron chi connectivity index (χ0n) is 19.1. The van der Waals surface area contributed by atoms with Crippen molar-refractivity contribution in [3.8, 4) is 0 Å². The fourth-order valence-corrected chi connectivity index (χ4v) is 3.92. The molecule has 0 bridgehead atoms. The number of ether oxygens (including phenoxy) is 1. The first-order valence-corrected chi connectivity index (χ1v) is 11.4. The SMILES string of the molecule is CC(C)(C)OC(=O)C[C@@H](CCCC1CCCCC1)C(=O)O/N=C(\N)Cc1ccccn1. The molecular weight excluding hydrogens is 394 g/mol. The number of amidine groups is 1. The van der Waals surface area contributed by atoms with E-state index >= 15 is 0 Å². The number of oxime groups is 1. The zero-order valence-corrected chi connectivity index (χ0v) is 19.1. The predicted octanol–water partition coefficient (Wildman–Crippen LogP) is 4.54. The third-order valence-corrected chi connectivity index (χ3v) is 5.40. The Kier molecular flexibility index (Phi) is 9.95. The van der Waals surface area contributed by atoms with Crippen LogP contribution >= 0.6 is 0 Å². The minimum atomic E-state index is -0.598. The van der Waals surface area contributed by atoms with Gasteiger partial charge in [-0.1, -0.05) is 56.2 Å². The number of hydrogen-bond donors (Lipinski definition) is 1. The van der Waals surface area contributed by atoms with Crippen molar-refractivity contribution in [3.05, 3.63) is 30.1 Å². The molecule has 1 fully saturated rings. The average Bonchev–Trinajstić information content (AvgIpc) is 2.71. The quantitative estimate of drug-likeness (QED) is 0.192. The second-order valence-electron chi connectivity index (χ2n) is 9.41. The van der Waals surface area contributed by atoms with Crippen molar-refractivity contribution < 1.29 is 19.2 Å². The molecule has 1 aliphatic carbocycles. The molecule has 31 heavy (non-hydrogen) atoms. The molecule has 0 amide bonds. The lowest BCUT2D eigenvalue weighted by atomic mass is 9.84. The first kappa shape index (κ1) is 24.8. The number of hydrogen-bond acceptors (Lipinski definition) is 6. The van der Waals surface area contributed by atoms with Gasteiger partial charge in [-0.15, -0.1) is 0 Å². The summed E-state index contributed by atoms with van der Waals surface area (Å²) in [5.41, 5.74) is 6.01. The molecule has 2 N–H and O–H groups in total. The fraction of sp³-hybridized carbons (Fsp3) is 0.667. The molecule has 1 aromatic rings. The van der Waals surface area contributed by atoms with Crippen LogP contribution in [-0.2, 0) is 25.6 Å². The summed E-state index contributed by atoms with van der Waals surface area (Å²) in [5.74, 6) is -0.662. The summed E-state index contributed by atoms with van der Waals surface area (Å²) in [4.78, 5) is 34.3. The lowest BCUT2D eigenvalue weighted by molar-refractivity contribution is -0.161. The van der Waals surface area contributed by atoms with Crippen LogP contribution in [0.4, 0.5) is 0 Å². The van der Waals surface area contributed by atoms with Crippen LogP contribution in [0.2, 0.25) is 0 Å². The van der Waals surface area contributed by atoms with Gasteiger partial charge in [-0.25, -0.2) is 4.79 Å². The van der Waals surface area contributed by atoms with Crippen molar-refractivity contribution in [1.29, 1.82) is 0 Å². The van der Waals surface area contributed by atoms with Crippen molar-refractivity contribution in [2.45, 2.75) is 90.6 Å². The van der Waals surface area contributed by atoms with Gasteiger partial charge in [-0.05, 0) is 45.2 Å². The van der Waals surface area contributed by atoms with E-state index in [0.29, 0.717) is 6.42 Å². The van der Waals surface area contributed by atoms with Gasteiger partial charge in [-0.3, -0.25) is 9.78 Å². The van der Waals surface area contributed by atoms with E-state index in [1.165, 1.54) is 32.1 Å². The van der Waals surface area contributed by atoms with Crippen molar-refractivity contribution >= 4 is 17.8 Å². The minimum Gasteiger partial charge on any atom is -0.460 e. The van der Waals surface area contributed by atoms with Gasteiger partial charge < -0.3 is 15.3 Å². The van der Waals surface area contributed by atoms with E-state index in [2.05, 4.69) is 10.1 Å². The molecule has 0 spiro atoms. The van der Waals surface area contributed by atoms with Crippen molar-refractivity contribution in [1.82, 2.24) is 4.98 Å². The largest absolute Gasteiger partial charge is 0.460 e. The van der Waals surface area contributed by atoms with Gasteiger partial charge in [0, 0.05) is 11.9 Å². The first-order valence-electron chi connectivity index (χ1n) is 11.4. The van der Waals surface area contributed by atoms with Crippen molar-refractivity contribution in [3.63, 3.8) is 0 Å². The van der Waals surface area contributed by atoms with Gasteiger partial charge in [-0.2, -0.15) is 0 Å². The molecule has 2 rings (SSSR count). The van der Waals surface area contributed by atoms with Gasteiger partial charge in [0.05, 0.1) is 18.8 Å². The number of pyridine rings is 1. The Labute approximate surface area is 185 Å². The highest BCUT2D eigenvalue weighted by atomic mass is 16.7. The van der Waals surface area contributed by atoms with Gasteiger partial charge in [0.2, 0.25) is 0 Å². The molecule has 1 atom stereocenters. The molecule has 7 nitrogen and oxygen atoms in total. The predicted molar refractivity (Wildman–Crippen MR) is 120 cm³/mol. The third-order valence-electron chi connectivity index (χ3n) is 5.40. The molecule has 1 aromatic heterocycles. The van der Waals surface area contributed by atoms with Crippen LogP contribution < -0.4 is 5.73 Å². The van der Waals surface area contributed by atoms with E-state index in [0.717, 1.165) is 24.5 Å². The van der Waals surface area contributed by atoms with Crippen molar-refractivity contribution in [2.75, 3.05) is 0 Å². The summed E-state index contributed by atoms with van der Waals surface area (Å²) in [6.07, 6.45) is 10.9. The van der Waals surface area contributed by atoms with Crippen LogP contribution in [0.25, 0.3) is 0 Å². The Balaban J connectivity index is 1.91. The summed E-state index contributed by atoms with van der Waals surface area (Å²) >= 11 is 0. The Morgan fingerprint density at radius 3 is 2.61 bits per heavy atom. The highest BCUT2D eigenvalue weighted by molar-refractivity contribution is 5.84. The molecule has 0 radical (unpaired) electrons. The van der Waals surface area contributed by atoms with Gasteiger partial charge in [0.1, 0.15) is 11.4 Å². The highest BCUT2D eigenvalue weighted by Gasteiger charge is 2.27. The van der Waals surface area contributed by atoms with Gasteiger partial charge >= 0.3 is 11.9 Å². The Bertz CT molecular complexity index is 722. The second kappa shape index (κ2) is 12.4. The van der Waals surface area contributed by atoms with Gasteiger partial charge in [0.15, 0.2) is 0 Å². The van der Waals surface area contributed by atoms with Crippen LogP contribution in [0.3, 0.4) is 0 Å². The molecule has 7 heteroatoms. The average molecular weight is 432 g/mol. The first-order chi connectivity index (χ1) is 14.7. The molecule has 0 aromatic carbocycles. The van der Waals surface area contributed by atoms with Crippen LogP contribution in [0.5, 0.6) is 0 Å². The standard InChI is InChI=1S/C24H37N3O4/c1-24(2,3)30-22(28)16-19(13-9-12-18-10-5-4-6-11-18)23(29)31-27-21(25)17-20-14-7-8-15-26-20/h7-8,14-15,18-19H,4-6,9-13,16-17H2,1-3H3,(H2,25,27)/t19-/m1/s1. The maximum Gasteiger partial charge on any atom is 0.338 e. The Morgan fingerprint density at radius 1 is 1.23 bits per heavy atom. The Hall–Kier alpha value is -2.44. The van der Waals surface area contributed by atoms with Crippen LogP contribution in [-0.4, -0.2) is 28.4 Å². The topological polar surface area (TPSA) is 104 Å². The van der Waals surface area contributed by atoms with E-state index in [-0.39, 0.29) is 18.7 Å². The fourth-order valence-electron chi connectivity index (χ4n) is 3.92. The highest BCUT2D eigenvalue weighted by Crippen LogP contribution is 2.29. The third kappa shape index (κ3) is 10.4. The van der Waals surface area contributed by atoms with E-state index in [4.69, 9.17) is 15.3 Å². The number of nitrogens with two attached hydrogens (primary N) is 1. The Morgan fingerprint density at radius 2 is 1.97 bits per heavy atom. The summed E-state index contributed by atoms with van der Waals surface area (Å²) in [7, 11) is 0. The number of carbonyl (C=O) groups excluding carboxylic acids is 2. The molecule has 0 aliphatic heterocycles. The number of carbonyl (C=O) groups is 2. The van der Waals surface area contributed by atoms with Crippen LogP contribution in [0.15, 0.2) is 29.6 Å². The van der Waals surface area contributed by atoms with E-state index in [1.807, 2.05) is 39.0 Å². The lowest BCUT2D eigenvalue weighted by Gasteiger charge is -2.23. The second-order valence-corrected chi connectivity index (χ2v) is 9.41. The maximum absolute atomic E-state index is 12.7. The van der Waals surface area contributed by atoms with Crippen LogP contribution in [0, 0.1) is 11.8 Å². The van der Waals surface area contributed by atoms with E-state index in [1.54, 1.807) is 6.20 Å². The molecule has 0 unspecified atom stereocenters. The molecule has 0 saturated heterocycles. The molecule has 1 saturated carbocycles. The summed E-state index contributed by atoms with van der Waals surface area (Å²) in [5, 5.41) is 3.77. The molecular formula is C24H37N3O4. The molecule has 1 aliphatic rings. The van der Waals surface area contributed by atoms with Crippen molar-refractivity contribution in [2.24, 2.45) is 22.7 Å². The summed E-state index contributed by atoms with van der Waals surface area (Å²) < 4.78 is 5.40. The number of aromatic nitrogens is 1. The maximum atomic E-state index is 12.7. The number of esters is 1. The number of rotatable bonds is 10. The number of nitrogens with zero attached hydrogens (tertiary/aromatic N) is 2. The summed E-state index contributed by atoms with van der Waals surface area (Å²) in [6, 6.07) is 5.48. The van der Waals surface area contributed by atoms with E-state index < -0.39 is 23.5 Å².